The van der Waals surface area contributed by atoms with Gasteiger partial charge in [-0.15, -0.1) is 24.8 Å². The molecule has 0 aliphatic carbocycles. The zero-order valence-electron chi connectivity index (χ0n) is 22.4. The van der Waals surface area contributed by atoms with Gasteiger partial charge in [0.1, 0.15) is 0 Å². The molecular weight excluding hydrogens is 574 g/mol. The van der Waals surface area contributed by atoms with Gasteiger partial charge in [-0.05, 0) is 68.7 Å². The molecule has 0 spiro atoms. The average molecular weight is 611 g/mol. The second kappa shape index (κ2) is 14.4. The van der Waals surface area contributed by atoms with Crippen LogP contribution in [0.1, 0.15) is 40.9 Å². The summed E-state index contributed by atoms with van der Waals surface area (Å²) < 4.78 is 46.1. The fourth-order valence-corrected chi connectivity index (χ4v) is 5.57. The Morgan fingerprint density at radius 1 is 0.949 bits per heavy atom. The lowest BCUT2D eigenvalue weighted by Crippen LogP contribution is -2.57. The molecule has 2 heterocycles. The van der Waals surface area contributed by atoms with E-state index in [4.69, 9.17) is 16.3 Å². The van der Waals surface area contributed by atoms with E-state index >= 15 is 0 Å². The lowest BCUT2D eigenvalue weighted by atomic mass is 9.99. The Morgan fingerprint density at radius 2 is 1.56 bits per heavy atom. The van der Waals surface area contributed by atoms with E-state index in [2.05, 4.69) is 23.6 Å². The molecule has 0 bridgehead atoms. The first-order valence-electron chi connectivity index (χ1n) is 12.8. The molecule has 39 heavy (non-hydrogen) atoms. The van der Waals surface area contributed by atoms with Crippen LogP contribution in [-0.4, -0.2) is 84.7 Å². The highest BCUT2D eigenvalue weighted by Crippen LogP contribution is 2.31. The molecule has 2 aromatic rings. The lowest BCUT2D eigenvalue weighted by Gasteiger charge is -2.43. The third-order valence-electron chi connectivity index (χ3n) is 7.09. The Balaban J connectivity index is 0.00000267. The van der Waals surface area contributed by atoms with Gasteiger partial charge in [-0.1, -0.05) is 23.7 Å². The van der Waals surface area contributed by atoms with Crippen LogP contribution in [0, 0.1) is 6.92 Å². The fraction of sp³-hybridized carbons (Fsp3) is 0.536. The number of morpholine rings is 1. The fourth-order valence-electron chi connectivity index (χ4n) is 5.44. The van der Waals surface area contributed by atoms with Crippen LogP contribution in [0.25, 0.3) is 0 Å². The van der Waals surface area contributed by atoms with Crippen LogP contribution in [0.4, 0.5) is 13.2 Å². The van der Waals surface area contributed by atoms with Gasteiger partial charge in [0.2, 0.25) is 0 Å². The van der Waals surface area contributed by atoms with Crippen molar-refractivity contribution in [3.05, 3.63) is 69.7 Å². The summed E-state index contributed by atoms with van der Waals surface area (Å²) in [5.41, 5.74) is 0.737. The van der Waals surface area contributed by atoms with Gasteiger partial charge >= 0.3 is 6.18 Å². The summed E-state index contributed by atoms with van der Waals surface area (Å²) in [6.07, 6.45) is -3.50. The quantitative estimate of drug-likeness (QED) is 0.403. The van der Waals surface area contributed by atoms with Gasteiger partial charge < -0.3 is 9.64 Å². The zero-order chi connectivity index (χ0) is 26.7. The first-order chi connectivity index (χ1) is 17.5. The number of carbonyl (C=O) groups is 1. The van der Waals surface area contributed by atoms with Gasteiger partial charge in [0.05, 0.1) is 17.8 Å². The average Bonchev–Trinajstić information content (AvgIpc) is 2.82. The van der Waals surface area contributed by atoms with Crippen LogP contribution < -0.4 is 0 Å². The maximum absolute atomic E-state index is 13.6. The number of ether oxygens (including phenoxy) is 1. The number of hydrogen-bond acceptors (Lipinski definition) is 4. The van der Waals surface area contributed by atoms with Crippen molar-refractivity contribution < 1.29 is 22.7 Å². The molecule has 4 rings (SSSR count). The monoisotopic (exact) mass is 609 g/mol. The van der Waals surface area contributed by atoms with E-state index in [0.717, 1.165) is 43.9 Å². The Kier molecular flexibility index (Phi) is 12.4. The number of hydrogen-bond donors (Lipinski definition) is 0. The first-order valence-corrected chi connectivity index (χ1v) is 13.2. The number of nitrogens with zero attached hydrogens (tertiary/aromatic N) is 3. The van der Waals surface area contributed by atoms with Gasteiger partial charge in [-0.3, -0.25) is 14.6 Å². The minimum absolute atomic E-state index is 0. The third kappa shape index (κ3) is 9.23. The van der Waals surface area contributed by atoms with Crippen molar-refractivity contribution in [2.45, 2.75) is 51.6 Å². The number of piperazine rings is 1. The highest BCUT2D eigenvalue weighted by Gasteiger charge is 2.35. The molecule has 2 aliphatic rings. The molecule has 0 saturated carbocycles. The van der Waals surface area contributed by atoms with Crippen LogP contribution >= 0.6 is 36.4 Å². The van der Waals surface area contributed by atoms with Crippen molar-refractivity contribution in [1.82, 2.24) is 14.7 Å². The van der Waals surface area contributed by atoms with Gasteiger partial charge in [-0.2, -0.15) is 13.2 Å². The smallest absolute Gasteiger partial charge is 0.373 e. The Labute approximate surface area is 246 Å². The summed E-state index contributed by atoms with van der Waals surface area (Å²) in [4.78, 5) is 20.1. The largest absolute Gasteiger partial charge is 0.416 e. The van der Waals surface area contributed by atoms with Crippen LogP contribution in [0.5, 0.6) is 0 Å². The van der Waals surface area contributed by atoms with Crippen LogP contribution in [-0.2, 0) is 17.3 Å². The third-order valence-corrected chi connectivity index (χ3v) is 7.34. The van der Waals surface area contributed by atoms with Crippen LogP contribution in [0.3, 0.4) is 0 Å². The molecule has 218 valence electrons. The van der Waals surface area contributed by atoms with E-state index in [1.54, 1.807) is 17.9 Å². The van der Waals surface area contributed by atoms with Crippen LogP contribution in [0.2, 0.25) is 5.02 Å². The molecule has 2 saturated heterocycles. The van der Waals surface area contributed by atoms with E-state index in [1.807, 2.05) is 24.3 Å². The topological polar surface area (TPSA) is 36.0 Å². The summed E-state index contributed by atoms with van der Waals surface area (Å²) in [7, 11) is 0. The van der Waals surface area contributed by atoms with Gasteiger partial charge in [0, 0.05) is 62.4 Å². The van der Waals surface area contributed by atoms with Crippen LogP contribution in [0.15, 0.2) is 42.5 Å². The summed E-state index contributed by atoms with van der Waals surface area (Å²) in [5, 5.41) is 0.635. The second-order valence-corrected chi connectivity index (χ2v) is 10.8. The van der Waals surface area contributed by atoms with Crippen molar-refractivity contribution >= 4 is 42.3 Å². The Hall–Kier alpha value is -1.55. The molecular formula is C28H37Cl3F3N3O2. The lowest BCUT2D eigenvalue weighted by molar-refractivity contribution is -0.137. The number of amides is 1. The standard InChI is InChI=1S/C28H35ClF3N3O2.2ClH/c1-19-12-23(15-24(13-19)28(30,31)32)27(36)35-11-10-33(8-9-34-16-20(2)37-21(3)17-34)18-26(35)14-22-4-6-25(29)7-5-22;;/h4-7,12-13,15,20-21,26H,8-11,14,16-18H2,1-3H3;2*1H/t20?,21?,26-;;/m1../s1. The predicted molar refractivity (Wildman–Crippen MR) is 154 cm³/mol. The minimum atomic E-state index is -4.50. The summed E-state index contributed by atoms with van der Waals surface area (Å²) >= 11 is 6.06. The SMILES string of the molecule is Cc1cc(C(=O)N2CCN(CCN3CC(C)OC(C)C3)C[C@H]2Cc2ccc(Cl)cc2)cc(C(F)(F)F)c1.Cl.Cl. The molecule has 0 N–H and O–H groups in total. The summed E-state index contributed by atoms with van der Waals surface area (Å²) in [6.45, 7) is 11.1. The van der Waals surface area contributed by atoms with Gasteiger partial charge in [-0.25, -0.2) is 0 Å². The molecule has 2 fully saturated rings. The predicted octanol–water partition coefficient (Wildman–Crippen LogP) is 5.99. The molecule has 2 aliphatic heterocycles. The van der Waals surface area contributed by atoms with E-state index in [9.17, 15) is 18.0 Å². The van der Waals surface area contributed by atoms with Gasteiger partial charge in [0.15, 0.2) is 0 Å². The molecule has 0 radical (unpaired) electrons. The van der Waals surface area contributed by atoms with E-state index in [1.165, 1.54) is 0 Å². The van der Waals surface area contributed by atoms with Crippen molar-refractivity contribution in [3.63, 3.8) is 0 Å². The summed E-state index contributed by atoms with van der Waals surface area (Å²) in [5.74, 6) is -0.358. The molecule has 3 atom stereocenters. The molecule has 5 nitrogen and oxygen atoms in total. The molecule has 11 heteroatoms. The number of carbonyl (C=O) groups excluding carboxylic acids is 1. The van der Waals surface area contributed by atoms with Crippen molar-refractivity contribution in [3.8, 4) is 0 Å². The second-order valence-electron chi connectivity index (χ2n) is 10.4. The Morgan fingerprint density at radius 3 is 2.18 bits per heavy atom. The number of aryl methyl sites for hydroxylation is 1. The zero-order valence-corrected chi connectivity index (χ0v) is 24.8. The number of benzene rings is 2. The minimum Gasteiger partial charge on any atom is -0.373 e. The maximum atomic E-state index is 13.6. The Bertz CT molecular complexity index is 1080. The molecule has 2 unspecified atom stereocenters. The van der Waals surface area contributed by atoms with Crippen molar-refractivity contribution in [2.24, 2.45) is 0 Å². The molecule has 1 amide bonds. The van der Waals surface area contributed by atoms with E-state index in [-0.39, 0.29) is 54.5 Å². The maximum Gasteiger partial charge on any atom is 0.416 e. The van der Waals surface area contributed by atoms with Crippen molar-refractivity contribution in [1.29, 1.82) is 0 Å². The van der Waals surface area contributed by atoms with Crippen molar-refractivity contribution in [2.75, 3.05) is 45.8 Å². The molecule has 0 aromatic heterocycles. The number of halogens is 6. The normalized spacial score (nSPS) is 22.6. The number of alkyl halides is 3. The van der Waals surface area contributed by atoms with E-state index in [0.29, 0.717) is 36.6 Å². The summed E-state index contributed by atoms with van der Waals surface area (Å²) in [6, 6.07) is 10.9. The first kappa shape index (κ1) is 33.7. The van der Waals surface area contributed by atoms with E-state index < -0.39 is 11.7 Å². The highest BCUT2D eigenvalue weighted by atomic mass is 35.5. The number of rotatable bonds is 6. The van der Waals surface area contributed by atoms with Gasteiger partial charge in [0.25, 0.3) is 5.91 Å². The highest BCUT2D eigenvalue weighted by molar-refractivity contribution is 6.30. The molecule has 2 aromatic carbocycles.